The summed E-state index contributed by atoms with van der Waals surface area (Å²) in [6.45, 7) is 0. The summed E-state index contributed by atoms with van der Waals surface area (Å²) >= 11 is 0. The van der Waals surface area contributed by atoms with Crippen molar-refractivity contribution in [3.8, 4) is 33.8 Å². The van der Waals surface area contributed by atoms with E-state index in [-0.39, 0.29) is 0 Å². The van der Waals surface area contributed by atoms with Gasteiger partial charge in [0.2, 0.25) is 0 Å². The van der Waals surface area contributed by atoms with E-state index in [1.807, 2.05) is 48.5 Å². The zero-order valence-corrected chi connectivity index (χ0v) is 26.8. The first-order valence-corrected chi connectivity index (χ1v) is 17.6. The summed E-state index contributed by atoms with van der Waals surface area (Å²) in [5.41, 5.74) is 5.30. The van der Waals surface area contributed by atoms with Crippen molar-refractivity contribution in [2.45, 2.75) is 12.2 Å². The van der Waals surface area contributed by atoms with E-state index in [1.165, 1.54) is 0 Å². The molecule has 0 unspecified atom stereocenters. The van der Waals surface area contributed by atoms with Crippen LogP contribution in [0.25, 0.3) is 65.3 Å². The lowest BCUT2D eigenvalue weighted by Crippen LogP contribution is -2.17. The third-order valence-corrected chi connectivity index (χ3v) is 10.5. The average molecular weight is 681 g/mol. The minimum Gasteiger partial charge on any atom is -0.496 e. The standard InChI is InChI=1S/C36H24O10S2/c1-43-27-15-25-17-7-3-5-9-21(17)35(45-47(37,38)39)23-13-11-19-20-12-14-24-30-26(18-8-4-6-10-22(18)36(24)46-48(40,41)42)16-28(44-2)34(32(20)30)33(27)31(19)29(23)25/h3-16,35-36H,1-2H3,(H,37,38,39)(H,40,41,42)/t35-,36-/m0/s1. The first kappa shape index (κ1) is 29.3. The summed E-state index contributed by atoms with van der Waals surface area (Å²) in [6.07, 6.45) is -2.24. The molecular formula is C36H24O10S2. The summed E-state index contributed by atoms with van der Waals surface area (Å²) in [4.78, 5) is 0. The number of methoxy groups -OCH3 is 2. The summed E-state index contributed by atoms with van der Waals surface area (Å²) in [5.74, 6) is 1.07. The Morgan fingerprint density at radius 1 is 0.479 bits per heavy atom. The number of fused-ring (bicyclic) bond motifs is 6. The van der Waals surface area contributed by atoms with Gasteiger partial charge < -0.3 is 9.47 Å². The Kier molecular flexibility index (Phi) is 6.02. The summed E-state index contributed by atoms with van der Waals surface area (Å²) in [6, 6.07) is 25.7. The van der Waals surface area contributed by atoms with Crippen LogP contribution >= 0.6 is 0 Å². The minimum atomic E-state index is -4.85. The highest BCUT2D eigenvalue weighted by Gasteiger charge is 2.37. The molecule has 0 fully saturated rings. The molecule has 7 aromatic rings. The molecule has 0 aliphatic heterocycles. The van der Waals surface area contributed by atoms with Gasteiger partial charge in [-0.05, 0) is 78.2 Å². The van der Waals surface area contributed by atoms with Crippen LogP contribution in [0.2, 0.25) is 0 Å². The third kappa shape index (κ3) is 3.98. The van der Waals surface area contributed by atoms with Gasteiger partial charge in [0.25, 0.3) is 0 Å². The molecule has 0 aromatic heterocycles. The van der Waals surface area contributed by atoms with Gasteiger partial charge in [-0.2, -0.15) is 16.8 Å². The maximum absolute atomic E-state index is 12.1. The van der Waals surface area contributed by atoms with Gasteiger partial charge in [0.05, 0.1) is 14.2 Å². The fraction of sp³-hybridized carbons (Fsp3) is 0.111. The van der Waals surface area contributed by atoms with Gasteiger partial charge in [0, 0.05) is 21.5 Å². The molecule has 2 N–H and O–H groups in total. The van der Waals surface area contributed by atoms with Crippen LogP contribution in [-0.4, -0.2) is 40.2 Å². The third-order valence-electron chi connectivity index (χ3n) is 9.60. The molecule has 240 valence electrons. The number of ether oxygens (including phenoxy) is 2. The maximum atomic E-state index is 12.1. The van der Waals surface area contributed by atoms with E-state index in [9.17, 15) is 25.9 Å². The van der Waals surface area contributed by atoms with Crippen molar-refractivity contribution < 1.29 is 43.8 Å². The Balaban J connectivity index is 1.51. The highest BCUT2D eigenvalue weighted by molar-refractivity contribution is 7.81. The predicted molar refractivity (Wildman–Crippen MR) is 181 cm³/mol. The van der Waals surface area contributed by atoms with E-state index < -0.39 is 33.0 Å². The highest BCUT2D eigenvalue weighted by atomic mass is 32.3. The molecule has 2 atom stereocenters. The SMILES string of the molecule is COc1cc2c3c(ccc4c5ccc6c7c(cc(OC)c(c1c34)c75)-c1ccccc1[C@@H]6OS(=O)(=O)O)[C@@H](OS(=O)(=O)O)c1ccccc1-2. The van der Waals surface area contributed by atoms with E-state index in [0.717, 1.165) is 54.6 Å². The Bertz CT molecular complexity index is 2580. The lowest BCUT2D eigenvalue weighted by Gasteiger charge is -2.32. The summed E-state index contributed by atoms with van der Waals surface area (Å²) in [7, 11) is -6.54. The highest BCUT2D eigenvalue weighted by Crippen LogP contribution is 2.58. The monoisotopic (exact) mass is 680 g/mol. The molecule has 10 nitrogen and oxygen atoms in total. The molecule has 0 amide bonds. The molecule has 12 heteroatoms. The zero-order valence-electron chi connectivity index (χ0n) is 25.2. The van der Waals surface area contributed by atoms with Gasteiger partial charge in [-0.25, -0.2) is 8.37 Å². The van der Waals surface area contributed by atoms with Crippen LogP contribution in [-0.2, 0) is 29.2 Å². The smallest absolute Gasteiger partial charge is 0.398 e. The topological polar surface area (TPSA) is 146 Å². The molecule has 0 heterocycles. The Morgan fingerprint density at radius 3 is 1.25 bits per heavy atom. The van der Waals surface area contributed by atoms with Crippen LogP contribution in [0.5, 0.6) is 11.5 Å². The van der Waals surface area contributed by atoms with Crippen molar-refractivity contribution in [1.29, 1.82) is 0 Å². The van der Waals surface area contributed by atoms with Crippen LogP contribution < -0.4 is 9.47 Å². The average Bonchev–Trinajstić information content (AvgIpc) is 3.06. The van der Waals surface area contributed by atoms with Gasteiger partial charge in [0.1, 0.15) is 23.7 Å². The van der Waals surface area contributed by atoms with Crippen LogP contribution in [0.1, 0.15) is 34.5 Å². The quantitative estimate of drug-likeness (QED) is 0.103. The van der Waals surface area contributed by atoms with Crippen molar-refractivity contribution in [1.82, 2.24) is 0 Å². The second-order valence-electron chi connectivity index (χ2n) is 11.9. The van der Waals surface area contributed by atoms with Crippen LogP contribution in [0.4, 0.5) is 0 Å². The lowest BCUT2D eigenvalue weighted by molar-refractivity contribution is 0.216. The summed E-state index contributed by atoms with van der Waals surface area (Å²) in [5, 5.41) is 6.03. The van der Waals surface area contributed by atoms with Crippen molar-refractivity contribution in [2.75, 3.05) is 14.2 Å². The number of hydrogen-bond donors (Lipinski definition) is 2. The fourth-order valence-electron chi connectivity index (χ4n) is 7.99. The van der Waals surface area contributed by atoms with E-state index in [4.69, 9.17) is 17.8 Å². The molecular weight excluding hydrogens is 657 g/mol. The normalized spacial score (nSPS) is 16.8. The molecule has 48 heavy (non-hydrogen) atoms. The molecule has 0 spiro atoms. The van der Waals surface area contributed by atoms with Crippen molar-refractivity contribution in [3.05, 3.63) is 107 Å². The van der Waals surface area contributed by atoms with Gasteiger partial charge in [-0.3, -0.25) is 9.11 Å². The van der Waals surface area contributed by atoms with Gasteiger partial charge >= 0.3 is 20.8 Å². The van der Waals surface area contributed by atoms with Gasteiger partial charge in [0.15, 0.2) is 0 Å². The molecule has 9 rings (SSSR count). The molecule has 2 aliphatic rings. The second kappa shape index (κ2) is 9.86. The van der Waals surface area contributed by atoms with Crippen molar-refractivity contribution in [2.24, 2.45) is 0 Å². The molecule has 0 radical (unpaired) electrons. The first-order chi connectivity index (χ1) is 23.0. The summed E-state index contributed by atoms with van der Waals surface area (Å²) < 4.78 is 91.1. The molecule has 0 saturated heterocycles. The fourth-order valence-corrected chi connectivity index (χ4v) is 8.89. The van der Waals surface area contributed by atoms with Crippen LogP contribution in [0.15, 0.2) is 84.9 Å². The van der Waals surface area contributed by atoms with E-state index >= 15 is 0 Å². The van der Waals surface area contributed by atoms with E-state index in [2.05, 4.69) is 0 Å². The van der Waals surface area contributed by atoms with Gasteiger partial charge in [-0.1, -0.05) is 72.8 Å². The predicted octanol–water partition coefficient (Wildman–Crippen LogP) is 7.53. The lowest BCUT2D eigenvalue weighted by atomic mass is 9.75. The number of rotatable bonds is 6. The van der Waals surface area contributed by atoms with Crippen LogP contribution in [0, 0.1) is 0 Å². The maximum Gasteiger partial charge on any atom is 0.398 e. The van der Waals surface area contributed by atoms with E-state index in [0.29, 0.717) is 44.5 Å². The first-order valence-electron chi connectivity index (χ1n) is 14.8. The van der Waals surface area contributed by atoms with E-state index in [1.54, 1.807) is 50.6 Å². The molecule has 0 saturated carbocycles. The second-order valence-corrected chi connectivity index (χ2v) is 14.0. The molecule has 7 aromatic carbocycles. The van der Waals surface area contributed by atoms with Crippen molar-refractivity contribution >= 4 is 63.9 Å². The van der Waals surface area contributed by atoms with Gasteiger partial charge in [-0.15, -0.1) is 0 Å². The molecule has 2 aliphatic carbocycles. The Labute approximate surface area is 274 Å². The largest absolute Gasteiger partial charge is 0.496 e. The Morgan fingerprint density at radius 2 is 0.875 bits per heavy atom. The minimum absolute atomic E-state index is 0.534. The molecule has 0 bridgehead atoms. The van der Waals surface area contributed by atoms with Crippen LogP contribution in [0.3, 0.4) is 0 Å². The number of hydrogen-bond acceptors (Lipinski definition) is 8. The Hall–Kier alpha value is -4.82. The zero-order chi connectivity index (χ0) is 33.3. The number of benzene rings is 7. The van der Waals surface area contributed by atoms with Crippen molar-refractivity contribution in [3.63, 3.8) is 0 Å².